The first kappa shape index (κ1) is 14.7. The van der Waals surface area contributed by atoms with E-state index in [9.17, 15) is 13.2 Å². The van der Waals surface area contributed by atoms with Crippen LogP contribution in [-0.4, -0.2) is 49.6 Å². The van der Waals surface area contributed by atoms with Gasteiger partial charge in [-0.2, -0.15) is 0 Å². The Morgan fingerprint density at radius 1 is 1.41 bits per heavy atom. The number of alkyl halides is 3. The summed E-state index contributed by atoms with van der Waals surface area (Å²) in [4.78, 5) is 2.07. The highest BCUT2D eigenvalue weighted by molar-refractivity contribution is 4.80. The van der Waals surface area contributed by atoms with Gasteiger partial charge in [-0.3, -0.25) is 9.64 Å². The first-order chi connectivity index (χ1) is 7.92. The minimum Gasteiger partial charge on any atom is -0.313 e. The molecule has 0 aromatic heterocycles. The quantitative estimate of drug-likeness (QED) is 0.830. The summed E-state index contributed by atoms with van der Waals surface area (Å²) in [5.74, 6) is 0. The van der Waals surface area contributed by atoms with Gasteiger partial charge in [-0.05, 0) is 26.3 Å². The lowest BCUT2D eigenvalue weighted by molar-refractivity contribution is -0.325. The number of rotatable bonds is 4. The van der Waals surface area contributed by atoms with Crippen LogP contribution < -0.4 is 5.32 Å². The van der Waals surface area contributed by atoms with Crippen LogP contribution in [0.1, 0.15) is 26.7 Å². The normalized spacial score (nSPS) is 28.1. The first-order valence-electron chi connectivity index (χ1n) is 6.10. The average molecular weight is 254 g/mol. The zero-order valence-electron chi connectivity index (χ0n) is 10.4. The first-order valence-corrected chi connectivity index (χ1v) is 6.10. The van der Waals surface area contributed by atoms with Crippen molar-refractivity contribution in [3.8, 4) is 0 Å². The number of nitrogens with one attached hydrogen (secondary N) is 1. The van der Waals surface area contributed by atoms with Crippen molar-refractivity contribution in [2.45, 2.75) is 45.1 Å². The molecule has 1 heterocycles. The molecule has 0 aromatic rings. The van der Waals surface area contributed by atoms with Gasteiger partial charge in [0.05, 0.1) is 6.61 Å². The molecule has 6 heteroatoms. The molecule has 1 rings (SSSR count). The van der Waals surface area contributed by atoms with E-state index in [0.29, 0.717) is 18.6 Å². The van der Waals surface area contributed by atoms with E-state index in [-0.39, 0.29) is 6.61 Å². The van der Waals surface area contributed by atoms with Gasteiger partial charge in [-0.1, -0.05) is 6.92 Å². The second-order valence-electron chi connectivity index (χ2n) is 4.49. The number of halogens is 3. The molecule has 3 nitrogen and oxygen atoms in total. The SMILES string of the molecule is CCC1CN(CCOC(F)(F)F)C(C)CCN1. The van der Waals surface area contributed by atoms with E-state index in [4.69, 9.17) is 0 Å². The minimum absolute atomic E-state index is 0.287. The van der Waals surface area contributed by atoms with Crippen LogP contribution in [0.2, 0.25) is 0 Å². The topological polar surface area (TPSA) is 24.5 Å². The fourth-order valence-electron chi connectivity index (χ4n) is 2.07. The lowest BCUT2D eigenvalue weighted by Gasteiger charge is -2.28. The third-order valence-electron chi connectivity index (χ3n) is 3.21. The van der Waals surface area contributed by atoms with Gasteiger partial charge < -0.3 is 5.32 Å². The Balaban J connectivity index is 2.37. The predicted molar refractivity (Wildman–Crippen MR) is 59.7 cm³/mol. The highest BCUT2D eigenvalue weighted by Crippen LogP contribution is 2.17. The molecule has 0 spiro atoms. The molecule has 0 radical (unpaired) electrons. The van der Waals surface area contributed by atoms with Gasteiger partial charge in [0.2, 0.25) is 0 Å². The molecule has 0 amide bonds. The molecular formula is C11H21F3N2O. The third-order valence-corrected chi connectivity index (χ3v) is 3.21. The monoisotopic (exact) mass is 254 g/mol. The molecule has 1 aliphatic rings. The van der Waals surface area contributed by atoms with E-state index in [1.807, 2.05) is 6.92 Å². The van der Waals surface area contributed by atoms with Crippen LogP contribution in [0.3, 0.4) is 0 Å². The summed E-state index contributed by atoms with van der Waals surface area (Å²) < 4.78 is 39.5. The Hall–Kier alpha value is -0.330. The summed E-state index contributed by atoms with van der Waals surface area (Å²) in [7, 11) is 0. The van der Waals surface area contributed by atoms with E-state index in [0.717, 1.165) is 25.9 Å². The fraction of sp³-hybridized carbons (Fsp3) is 1.00. The van der Waals surface area contributed by atoms with Gasteiger partial charge in [0.1, 0.15) is 0 Å². The van der Waals surface area contributed by atoms with Gasteiger partial charge in [0.25, 0.3) is 0 Å². The van der Waals surface area contributed by atoms with Crippen LogP contribution in [0.25, 0.3) is 0 Å². The summed E-state index contributed by atoms with van der Waals surface area (Å²) in [6.45, 7) is 5.89. The molecule has 0 bridgehead atoms. The summed E-state index contributed by atoms with van der Waals surface area (Å²) in [6.07, 6.45) is -2.57. The lowest BCUT2D eigenvalue weighted by Crippen LogP contribution is -2.41. The van der Waals surface area contributed by atoms with E-state index >= 15 is 0 Å². The zero-order valence-corrected chi connectivity index (χ0v) is 10.4. The van der Waals surface area contributed by atoms with Crippen molar-refractivity contribution >= 4 is 0 Å². The second-order valence-corrected chi connectivity index (χ2v) is 4.49. The van der Waals surface area contributed by atoms with Crippen molar-refractivity contribution in [1.82, 2.24) is 10.2 Å². The molecule has 1 N–H and O–H groups in total. The van der Waals surface area contributed by atoms with Crippen molar-refractivity contribution in [2.24, 2.45) is 0 Å². The maximum absolute atomic E-state index is 11.9. The maximum Gasteiger partial charge on any atom is 0.522 e. The number of hydrogen-bond donors (Lipinski definition) is 1. The number of nitrogens with zero attached hydrogens (tertiary/aromatic N) is 1. The number of hydrogen-bond acceptors (Lipinski definition) is 3. The number of ether oxygens (including phenoxy) is 1. The zero-order chi connectivity index (χ0) is 12.9. The van der Waals surface area contributed by atoms with Crippen LogP contribution in [0.5, 0.6) is 0 Å². The van der Waals surface area contributed by atoms with Crippen molar-refractivity contribution in [2.75, 3.05) is 26.2 Å². The van der Waals surface area contributed by atoms with Crippen molar-refractivity contribution in [3.05, 3.63) is 0 Å². The predicted octanol–water partition coefficient (Wildman–Crippen LogP) is 1.99. The fourth-order valence-corrected chi connectivity index (χ4v) is 2.07. The van der Waals surface area contributed by atoms with Crippen LogP contribution in [0.4, 0.5) is 13.2 Å². The third kappa shape index (κ3) is 5.70. The van der Waals surface area contributed by atoms with Gasteiger partial charge in [-0.15, -0.1) is 13.2 Å². The van der Waals surface area contributed by atoms with Crippen molar-refractivity contribution < 1.29 is 17.9 Å². The molecular weight excluding hydrogens is 233 g/mol. The minimum atomic E-state index is -4.52. The van der Waals surface area contributed by atoms with E-state index in [2.05, 4.69) is 21.9 Å². The van der Waals surface area contributed by atoms with E-state index < -0.39 is 6.36 Å². The van der Waals surface area contributed by atoms with E-state index in [1.165, 1.54) is 0 Å². The maximum atomic E-state index is 11.9. The summed E-state index contributed by atoms with van der Waals surface area (Å²) >= 11 is 0. The van der Waals surface area contributed by atoms with Crippen molar-refractivity contribution in [1.29, 1.82) is 0 Å². The van der Waals surface area contributed by atoms with Crippen LogP contribution in [0.15, 0.2) is 0 Å². The second kappa shape index (κ2) is 6.56. The molecule has 1 fully saturated rings. The molecule has 1 aliphatic heterocycles. The molecule has 17 heavy (non-hydrogen) atoms. The lowest BCUT2D eigenvalue weighted by atomic mass is 10.2. The molecule has 0 saturated carbocycles. The molecule has 0 aromatic carbocycles. The summed E-state index contributed by atoms with van der Waals surface area (Å²) in [5.41, 5.74) is 0. The van der Waals surface area contributed by atoms with Gasteiger partial charge in [0.15, 0.2) is 0 Å². The highest BCUT2D eigenvalue weighted by atomic mass is 19.4. The molecule has 1 saturated heterocycles. The molecule has 0 aliphatic carbocycles. The highest BCUT2D eigenvalue weighted by Gasteiger charge is 2.29. The molecule has 102 valence electrons. The van der Waals surface area contributed by atoms with Crippen LogP contribution in [0, 0.1) is 0 Å². The summed E-state index contributed by atoms with van der Waals surface area (Å²) in [6, 6.07) is 0.668. The largest absolute Gasteiger partial charge is 0.522 e. The van der Waals surface area contributed by atoms with Crippen molar-refractivity contribution in [3.63, 3.8) is 0 Å². The van der Waals surface area contributed by atoms with Crippen LogP contribution in [-0.2, 0) is 4.74 Å². The van der Waals surface area contributed by atoms with Gasteiger partial charge >= 0.3 is 6.36 Å². The Kier molecular flexibility index (Phi) is 5.69. The van der Waals surface area contributed by atoms with Crippen LogP contribution >= 0.6 is 0 Å². The molecule has 2 atom stereocenters. The van der Waals surface area contributed by atoms with Gasteiger partial charge in [0, 0.05) is 25.2 Å². The Morgan fingerprint density at radius 3 is 2.71 bits per heavy atom. The smallest absolute Gasteiger partial charge is 0.313 e. The van der Waals surface area contributed by atoms with E-state index in [1.54, 1.807) is 0 Å². The Labute approximate surface area is 100 Å². The van der Waals surface area contributed by atoms with Gasteiger partial charge in [-0.25, -0.2) is 0 Å². The summed E-state index contributed by atoms with van der Waals surface area (Å²) in [5, 5.41) is 3.39. The molecule has 2 unspecified atom stereocenters. The standard InChI is InChI=1S/C11H21F3N2O/c1-3-10-8-16(9(2)4-5-15-10)6-7-17-11(12,13)14/h9-10,15H,3-8H2,1-2H3. The Bertz CT molecular complexity index is 223. The Morgan fingerprint density at radius 2 is 2.12 bits per heavy atom. The average Bonchev–Trinajstić information content (AvgIpc) is 2.39.